The summed E-state index contributed by atoms with van der Waals surface area (Å²) >= 11 is 0. The number of ketones is 1. The first kappa shape index (κ1) is 14.5. The van der Waals surface area contributed by atoms with Crippen LogP contribution in [0.2, 0.25) is 0 Å². The van der Waals surface area contributed by atoms with Gasteiger partial charge >= 0.3 is 0 Å². The molecule has 1 fully saturated rings. The van der Waals surface area contributed by atoms with Crippen LogP contribution in [0.15, 0.2) is 34.9 Å². The maximum atomic E-state index is 12.2. The third-order valence-corrected chi connectivity index (χ3v) is 3.72. The molecule has 1 heterocycles. The largest absolute Gasteiger partial charge is 0.360 e. The minimum absolute atomic E-state index is 0.0287. The summed E-state index contributed by atoms with van der Waals surface area (Å²) < 4.78 is 5.20. The number of aromatic nitrogens is 1. The average Bonchev–Trinajstić information content (AvgIpc) is 3.26. The van der Waals surface area contributed by atoms with E-state index in [0.29, 0.717) is 18.0 Å². The summed E-state index contributed by atoms with van der Waals surface area (Å²) in [5, 5.41) is 6.64. The van der Waals surface area contributed by atoms with Crippen LogP contribution >= 0.6 is 0 Å². The Balaban J connectivity index is 1.61. The van der Waals surface area contributed by atoms with Crippen LogP contribution in [0.1, 0.15) is 53.9 Å². The molecule has 0 atom stereocenters. The quantitative estimate of drug-likeness (QED) is 0.830. The summed E-state index contributed by atoms with van der Waals surface area (Å²) in [5.74, 6) is 1.19. The molecule has 5 nitrogen and oxygen atoms in total. The average molecular weight is 298 g/mol. The van der Waals surface area contributed by atoms with E-state index in [1.807, 2.05) is 12.1 Å². The van der Waals surface area contributed by atoms with Crippen LogP contribution in [0.4, 0.5) is 5.69 Å². The number of carbonyl (C=O) groups excluding carboxylic acids is 2. The van der Waals surface area contributed by atoms with E-state index in [1.54, 1.807) is 25.1 Å². The van der Waals surface area contributed by atoms with Gasteiger partial charge < -0.3 is 9.84 Å². The van der Waals surface area contributed by atoms with Gasteiger partial charge in [-0.1, -0.05) is 24.2 Å². The molecule has 3 rings (SSSR count). The lowest BCUT2D eigenvalue weighted by Gasteiger charge is -2.04. The number of amides is 1. The molecular formula is C17H18N2O3. The van der Waals surface area contributed by atoms with E-state index < -0.39 is 0 Å². The van der Waals surface area contributed by atoms with Crippen molar-refractivity contribution in [1.29, 1.82) is 0 Å². The van der Waals surface area contributed by atoms with Crippen molar-refractivity contribution in [2.75, 3.05) is 5.32 Å². The van der Waals surface area contributed by atoms with E-state index in [2.05, 4.69) is 10.5 Å². The van der Waals surface area contributed by atoms with Gasteiger partial charge in [-0.05, 0) is 30.5 Å². The Morgan fingerprint density at radius 2 is 2.00 bits per heavy atom. The number of carbonyl (C=O) groups is 2. The van der Waals surface area contributed by atoms with E-state index >= 15 is 0 Å². The topological polar surface area (TPSA) is 72.2 Å². The molecule has 0 spiro atoms. The Morgan fingerprint density at radius 3 is 2.64 bits per heavy atom. The summed E-state index contributed by atoms with van der Waals surface area (Å²) in [6.07, 6.45) is 2.95. The van der Waals surface area contributed by atoms with Crippen LogP contribution in [0.25, 0.3) is 0 Å². The maximum absolute atomic E-state index is 12.2. The normalized spacial score (nSPS) is 13.9. The summed E-state index contributed by atoms with van der Waals surface area (Å²) in [5.41, 5.74) is 2.02. The molecule has 22 heavy (non-hydrogen) atoms. The van der Waals surface area contributed by atoms with E-state index in [-0.39, 0.29) is 18.1 Å². The minimum atomic E-state index is -0.0546. The number of anilines is 1. The van der Waals surface area contributed by atoms with Crippen LogP contribution in [0, 0.1) is 0 Å². The predicted octanol–water partition coefficient (Wildman–Crippen LogP) is 3.33. The molecule has 1 amide bonds. The third kappa shape index (κ3) is 3.42. The highest BCUT2D eigenvalue weighted by Crippen LogP contribution is 2.40. The van der Waals surface area contributed by atoms with Gasteiger partial charge in [-0.15, -0.1) is 0 Å². The van der Waals surface area contributed by atoms with Crippen molar-refractivity contribution in [3.8, 4) is 0 Å². The van der Waals surface area contributed by atoms with Gasteiger partial charge in [0.2, 0.25) is 5.91 Å². The zero-order valence-corrected chi connectivity index (χ0v) is 12.5. The SMILES string of the molecule is CCC(=O)Nc1ccc(CC(=O)c2cc(C3CC3)on2)cc1. The molecule has 0 bridgehead atoms. The lowest BCUT2D eigenvalue weighted by atomic mass is 10.1. The Bertz CT molecular complexity index is 684. The summed E-state index contributed by atoms with van der Waals surface area (Å²) in [6.45, 7) is 1.80. The number of nitrogens with zero attached hydrogens (tertiary/aromatic N) is 1. The van der Waals surface area contributed by atoms with Gasteiger partial charge in [0.1, 0.15) is 11.5 Å². The number of benzene rings is 1. The minimum Gasteiger partial charge on any atom is -0.360 e. The van der Waals surface area contributed by atoms with Crippen molar-refractivity contribution in [2.45, 2.75) is 38.5 Å². The summed E-state index contributed by atoms with van der Waals surface area (Å²) in [7, 11) is 0. The molecule has 1 N–H and O–H groups in total. The van der Waals surface area contributed by atoms with Gasteiger partial charge in [-0.25, -0.2) is 0 Å². The second-order valence-corrected chi connectivity index (χ2v) is 5.59. The second-order valence-electron chi connectivity index (χ2n) is 5.59. The Kier molecular flexibility index (Phi) is 4.04. The van der Waals surface area contributed by atoms with Crippen molar-refractivity contribution in [3.05, 3.63) is 47.3 Å². The molecule has 0 saturated heterocycles. The predicted molar refractivity (Wildman–Crippen MR) is 81.9 cm³/mol. The molecule has 1 saturated carbocycles. The zero-order chi connectivity index (χ0) is 15.5. The van der Waals surface area contributed by atoms with E-state index in [1.165, 1.54) is 0 Å². The molecule has 1 aliphatic carbocycles. The molecule has 0 unspecified atom stereocenters. The van der Waals surface area contributed by atoms with Crippen LogP contribution < -0.4 is 5.32 Å². The monoisotopic (exact) mass is 298 g/mol. The van der Waals surface area contributed by atoms with Crippen molar-refractivity contribution < 1.29 is 14.1 Å². The number of nitrogens with one attached hydrogen (secondary N) is 1. The lowest BCUT2D eigenvalue weighted by Crippen LogP contribution is -2.09. The number of rotatable bonds is 6. The molecule has 1 aromatic heterocycles. The van der Waals surface area contributed by atoms with Crippen LogP contribution in [0.5, 0.6) is 0 Å². The van der Waals surface area contributed by atoms with Gasteiger partial charge in [0.15, 0.2) is 5.78 Å². The molecule has 5 heteroatoms. The lowest BCUT2D eigenvalue weighted by molar-refractivity contribution is -0.115. The Labute approximate surface area is 128 Å². The fraction of sp³-hybridized carbons (Fsp3) is 0.353. The van der Waals surface area contributed by atoms with Crippen LogP contribution in [-0.4, -0.2) is 16.8 Å². The summed E-state index contributed by atoms with van der Waals surface area (Å²) in [6, 6.07) is 9.04. The first-order valence-corrected chi connectivity index (χ1v) is 7.54. The maximum Gasteiger partial charge on any atom is 0.224 e. The van der Waals surface area contributed by atoms with Gasteiger partial charge in [0, 0.05) is 30.5 Å². The van der Waals surface area contributed by atoms with Gasteiger partial charge in [0.05, 0.1) is 0 Å². The Morgan fingerprint density at radius 1 is 1.27 bits per heavy atom. The third-order valence-electron chi connectivity index (χ3n) is 3.72. The molecular weight excluding hydrogens is 280 g/mol. The van der Waals surface area contributed by atoms with Crippen molar-refractivity contribution in [1.82, 2.24) is 5.16 Å². The van der Waals surface area contributed by atoms with E-state index in [9.17, 15) is 9.59 Å². The van der Waals surface area contributed by atoms with Crippen molar-refractivity contribution in [3.63, 3.8) is 0 Å². The van der Waals surface area contributed by atoms with Crippen LogP contribution in [-0.2, 0) is 11.2 Å². The van der Waals surface area contributed by atoms with Crippen molar-refractivity contribution >= 4 is 17.4 Å². The summed E-state index contributed by atoms with van der Waals surface area (Å²) in [4.78, 5) is 23.5. The van der Waals surface area contributed by atoms with E-state index in [0.717, 1.165) is 29.9 Å². The smallest absolute Gasteiger partial charge is 0.224 e. The molecule has 114 valence electrons. The number of Topliss-reactive ketones (excluding diaryl/α,β-unsaturated/α-hetero) is 1. The molecule has 0 aliphatic heterocycles. The van der Waals surface area contributed by atoms with E-state index in [4.69, 9.17) is 4.52 Å². The highest BCUT2D eigenvalue weighted by atomic mass is 16.5. The van der Waals surface area contributed by atoms with Gasteiger partial charge in [0.25, 0.3) is 0 Å². The number of hydrogen-bond donors (Lipinski definition) is 1. The first-order valence-electron chi connectivity index (χ1n) is 7.54. The molecule has 0 radical (unpaired) electrons. The fourth-order valence-corrected chi connectivity index (χ4v) is 2.21. The zero-order valence-electron chi connectivity index (χ0n) is 12.5. The van der Waals surface area contributed by atoms with Crippen LogP contribution in [0.3, 0.4) is 0 Å². The highest BCUT2D eigenvalue weighted by molar-refractivity contribution is 5.96. The van der Waals surface area contributed by atoms with Gasteiger partial charge in [-0.2, -0.15) is 0 Å². The Hall–Kier alpha value is -2.43. The molecule has 1 aromatic carbocycles. The molecule has 1 aliphatic rings. The fourth-order valence-electron chi connectivity index (χ4n) is 2.21. The number of hydrogen-bond acceptors (Lipinski definition) is 4. The molecule has 2 aromatic rings. The standard InChI is InChI=1S/C17H18N2O3/c1-2-17(21)18-13-7-3-11(4-8-13)9-15(20)14-10-16(22-19-14)12-5-6-12/h3-4,7-8,10,12H,2,5-6,9H2,1H3,(H,18,21). The second kappa shape index (κ2) is 6.13. The highest BCUT2D eigenvalue weighted by Gasteiger charge is 2.28. The first-order chi connectivity index (χ1) is 10.7. The van der Waals surface area contributed by atoms with Gasteiger partial charge in [-0.3, -0.25) is 9.59 Å². The van der Waals surface area contributed by atoms with Crippen molar-refractivity contribution in [2.24, 2.45) is 0 Å².